The van der Waals surface area contributed by atoms with Crippen molar-refractivity contribution >= 4 is 16.1 Å². The summed E-state index contributed by atoms with van der Waals surface area (Å²) in [6.07, 6.45) is 6.07. The smallest absolute Gasteiger partial charge is 0.304 e. The van der Waals surface area contributed by atoms with Crippen LogP contribution in [0.3, 0.4) is 0 Å². The highest BCUT2D eigenvalue weighted by Crippen LogP contribution is 2.58. The number of nitrogens with one attached hydrogen (secondary N) is 1. The van der Waals surface area contributed by atoms with Crippen LogP contribution in [0, 0.1) is 23.6 Å². The molecule has 6 aliphatic rings. The molecule has 0 radical (unpaired) electrons. The van der Waals surface area contributed by atoms with Crippen LogP contribution in [0.15, 0.2) is 12.1 Å². The fourth-order valence-electron chi connectivity index (χ4n) is 6.54. The molecule has 174 valence electrons. The second-order valence-corrected chi connectivity index (χ2v) is 12.2. The summed E-state index contributed by atoms with van der Waals surface area (Å²) in [5.74, 6) is -0.442. The maximum Gasteiger partial charge on any atom is 0.304 e. The molecule has 4 bridgehead atoms. The number of carbonyl (C=O) groups excluding carboxylic acids is 1. The minimum Gasteiger partial charge on any atom is -0.489 e. The molecule has 5 aliphatic carbocycles. The minimum atomic E-state index is -3.95. The van der Waals surface area contributed by atoms with Gasteiger partial charge in [0, 0.05) is 19.2 Å². The van der Waals surface area contributed by atoms with Crippen LogP contribution in [0.5, 0.6) is 5.75 Å². The predicted octanol–water partition coefficient (Wildman–Crippen LogP) is 3.68. The number of halogens is 2. The van der Waals surface area contributed by atoms with E-state index in [9.17, 15) is 13.2 Å². The van der Waals surface area contributed by atoms with Crippen molar-refractivity contribution in [2.45, 2.75) is 69.1 Å². The second-order valence-electron chi connectivity index (χ2n) is 10.5. The van der Waals surface area contributed by atoms with Gasteiger partial charge in [-0.2, -0.15) is 12.7 Å². The summed E-state index contributed by atoms with van der Waals surface area (Å²) in [7, 11) is -3.95. The molecule has 1 aromatic rings. The van der Waals surface area contributed by atoms with Crippen LogP contribution in [-0.4, -0.2) is 43.5 Å². The Morgan fingerprint density at radius 2 is 1.81 bits per heavy atom. The highest BCUT2D eigenvalue weighted by molar-refractivity contribution is 7.87. The van der Waals surface area contributed by atoms with E-state index in [0.717, 1.165) is 42.0 Å². The van der Waals surface area contributed by atoms with Crippen LogP contribution < -0.4 is 9.46 Å². The van der Waals surface area contributed by atoms with Gasteiger partial charge in [0.2, 0.25) is 0 Å². The van der Waals surface area contributed by atoms with Gasteiger partial charge in [-0.15, -0.1) is 0 Å². The van der Waals surface area contributed by atoms with Crippen molar-refractivity contribution in [1.29, 1.82) is 0 Å². The van der Waals surface area contributed by atoms with E-state index >= 15 is 8.78 Å². The van der Waals surface area contributed by atoms with Crippen LogP contribution >= 0.6 is 0 Å². The van der Waals surface area contributed by atoms with Crippen LogP contribution in [-0.2, 0) is 10.2 Å². The van der Waals surface area contributed by atoms with Crippen molar-refractivity contribution < 1.29 is 26.7 Å². The molecule has 1 heterocycles. The number of benzene rings is 1. The Kier molecular flexibility index (Phi) is 4.64. The highest BCUT2D eigenvalue weighted by Gasteiger charge is 2.57. The molecular weight excluding hydrogens is 438 g/mol. The van der Waals surface area contributed by atoms with Crippen molar-refractivity contribution in [2.75, 3.05) is 13.1 Å². The molecule has 0 aromatic heterocycles. The molecule has 6 nitrogen and oxygen atoms in total. The van der Waals surface area contributed by atoms with E-state index in [4.69, 9.17) is 4.74 Å². The maximum atomic E-state index is 15.0. The molecule has 1 aliphatic heterocycles. The number of alkyl halides is 1. The van der Waals surface area contributed by atoms with E-state index in [0.29, 0.717) is 44.0 Å². The topological polar surface area (TPSA) is 75.7 Å². The van der Waals surface area contributed by atoms with Crippen LogP contribution in [0.1, 0.15) is 73.2 Å². The Labute approximate surface area is 186 Å². The lowest BCUT2D eigenvalue weighted by Gasteiger charge is -2.56. The van der Waals surface area contributed by atoms with Gasteiger partial charge in [0.25, 0.3) is 5.91 Å². The quantitative estimate of drug-likeness (QED) is 0.694. The molecule has 7 rings (SSSR count). The Balaban J connectivity index is 1.26. The molecule has 1 saturated heterocycles. The van der Waals surface area contributed by atoms with Crippen LogP contribution in [0.25, 0.3) is 0 Å². The lowest BCUT2D eigenvalue weighted by atomic mass is 9.53. The summed E-state index contributed by atoms with van der Waals surface area (Å²) in [5.41, 5.74) is -0.594. The van der Waals surface area contributed by atoms with Crippen molar-refractivity contribution in [2.24, 2.45) is 17.8 Å². The first-order valence-corrected chi connectivity index (χ1v) is 13.2. The molecule has 2 atom stereocenters. The second kappa shape index (κ2) is 7.13. The van der Waals surface area contributed by atoms with Gasteiger partial charge in [0.1, 0.15) is 23.3 Å². The van der Waals surface area contributed by atoms with E-state index in [-0.39, 0.29) is 29.4 Å². The number of nitrogens with zero attached hydrogens (tertiary/aromatic N) is 1. The van der Waals surface area contributed by atoms with Gasteiger partial charge in [0.05, 0.1) is 5.56 Å². The molecule has 32 heavy (non-hydrogen) atoms. The van der Waals surface area contributed by atoms with Gasteiger partial charge in [0.15, 0.2) is 0 Å². The summed E-state index contributed by atoms with van der Waals surface area (Å²) in [5, 5.41) is 0. The van der Waals surface area contributed by atoms with Crippen molar-refractivity contribution in [3.8, 4) is 5.75 Å². The van der Waals surface area contributed by atoms with Gasteiger partial charge in [-0.3, -0.25) is 4.79 Å². The molecule has 1 N–H and O–H groups in total. The van der Waals surface area contributed by atoms with Gasteiger partial charge >= 0.3 is 10.2 Å². The SMILES string of the molecule is O=C(NS(=O)(=O)N1CCC1)c1cc(C2CC2)c(O[C@H]2C3CC4CC2C[C@](F)(C4)C3)cc1F. The zero-order chi connectivity index (χ0) is 22.3. The Hall–Kier alpha value is -1.74. The van der Waals surface area contributed by atoms with Gasteiger partial charge in [-0.05, 0) is 86.7 Å². The van der Waals surface area contributed by atoms with Gasteiger partial charge < -0.3 is 4.74 Å². The summed E-state index contributed by atoms with van der Waals surface area (Å²) in [4.78, 5) is 12.6. The van der Waals surface area contributed by atoms with Crippen LogP contribution in [0.4, 0.5) is 8.78 Å². The normalized spacial score (nSPS) is 36.1. The Bertz CT molecular complexity index is 1050. The first-order chi connectivity index (χ1) is 15.2. The lowest BCUT2D eigenvalue weighted by Crippen LogP contribution is -2.56. The molecule has 1 amide bonds. The van der Waals surface area contributed by atoms with Crippen molar-refractivity contribution in [1.82, 2.24) is 9.03 Å². The Morgan fingerprint density at radius 1 is 1.12 bits per heavy atom. The zero-order valence-corrected chi connectivity index (χ0v) is 18.7. The number of amides is 1. The summed E-state index contributed by atoms with van der Waals surface area (Å²) < 4.78 is 64.1. The standard InChI is InChI=1S/C23H28F2N2O4S/c24-19-9-20(31-21-15-6-13-7-16(21)12-23(25,10-13)11-15)17(14-2-3-14)8-18(19)22(28)26-32(29,30)27-4-1-5-27/h8-9,13-16,21H,1-7,10-12H2,(H,26,28)/t13?,15?,16?,21-,23-. The van der Waals surface area contributed by atoms with Gasteiger partial charge in [-0.25, -0.2) is 13.5 Å². The molecular formula is C23H28F2N2O4S. The molecule has 2 unspecified atom stereocenters. The Morgan fingerprint density at radius 3 is 2.38 bits per heavy atom. The van der Waals surface area contributed by atoms with E-state index in [1.807, 2.05) is 4.72 Å². The van der Waals surface area contributed by atoms with E-state index in [1.165, 1.54) is 12.1 Å². The first kappa shape index (κ1) is 20.8. The molecule has 5 saturated carbocycles. The average Bonchev–Trinajstić information content (AvgIpc) is 3.46. The summed E-state index contributed by atoms with van der Waals surface area (Å²) in [6.45, 7) is 0.714. The molecule has 1 aromatic carbocycles. The largest absolute Gasteiger partial charge is 0.489 e. The third-order valence-electron chi connectivity index (χ3n) is 8.11. The minimum absolute atomic E-state index is 0.126. The number of ether oxygens (including phenoxy) is 1. The third-order valence-corrected chi connectivity index (χ3v) is 9.60. The van der Waals surface area contributed by atoms with E-state index < -0.39 is 27.6 Å². The predicted molar refractivity (Wildman–Crippen MR) is 113 cm³/mol. The fourth-order valence-corrected chi connectivity index (χ4v) is 7.76. The third kappa shape index (κ3) is 3.52. The number of hydrogen-bond acceptors (Lipinski definition) is 4. The van der Waals surface area contributed by atoms with Gasteiger partial charge in [-0.1, -0.05) is 0 Å². The molecule has 6 fully saturated rings. The summed E-state index contributed by atoms with van der Waals surface area (Å²) >= 11 is 0. The number of carbonyl (C=O) groups is 1. The molecule has 9 heteroatoms. The monoisotopic (exact) mass is 466 g/mol. The fraction of sp³-hybridized carbons (Fsp3) is 0.696. The number of hydrogen-bond donors (Lipinski definition) is 1. The number of rotatable bonds is 6. The van der Waals surface area contributed by atoms with Crippen molar-refractivity contribution in [3.63, 3.8) is 0 Å². The molecule has 0 spiro atoms. The average molecular weight is 467 g/mol. The van der Waals surface area contributed by atoms with E-state index in [1.54, 1.807) is 0 Å². The van der Waals surface area contributed by atoms with Crippen LogP contribution in [0.2, 0.25) is 0 Å². The lowest BCUT2D eigenvalue weighted by molar-refractivity contribution is -0.134. The highest BCUT2D eigenvalue weighted by atomic mass is 32.2. The maximum absolute atomic E-state index is 15.0. The first-order valence-electron chi connectivity index (χ1n) is 11.7. The summed E-state index contributed by atoms with van der Waals surface area (Å²) in [6, 6.07) is 2.69. The van der Waals surface area contributed by atoms with E-state index in [2.05, 4.69) is 0 Å². The van der Waals surface area contributed by atoms with Crippen molar-refractivity contribution in [3.05, 3.63) is 29.1 Å². The zero-order valence-electron chi connectivity index (χ0n) is 17.9.